The number of non-ortho nitro benzene ring substituents is 1. The molecule has 9 heteroatoms. The average Bonchev–Trinajstić information content (AvgIpc) is 2.79. The van der Waals surface area contributed by atoms with Crippen molar-refractivity contribution in [1.29, 1.82) is 0 Å². The summed E-state index contributed by atoms with van der Waals surface area (Å²) in [7, 11) is 0. The highest BCUT2D eigenvalue weighted by Gasteiger charge is 2.22. The van der Waals surface area contributed by atoms with Crippen LogP contribution in [-0.4, -0.2) is 51.0 Å². The van der Waals surface area contributed by atoms with E-state index in [9.17, 15) is 14.9 Å². The third kappa shape index (κ3) is 3.59. The maximum atomic E-state index is 12.3. The Morgan fingerprint density at radius 1 is 1.00 bits per heavy atom. The first-order valence-electron chi connectivity index (χ1n) is 10.1. The largest absolute Gasteiger partial charge is 0.367 e. The minimum absolute atomic E-state index is 0.0665. The number of pyridine rings is 1. The average molecular weight is 416 g/mol. The molecule has 0 spiro atoms. The molecule has 9 nitrogen and oxygen atoms in total. The van der Waals surface area contributed by atoms with Crippen molar-refractivity contribution in [2.24, 2.45) is 0 Å². The van der Waals surface area contributed by atoms with Crippen LogP contribution in [0.15, 0.2) is 59.5 Å². The number of nitro benzene ring substituents is 1. The molecule has 1 aliphatic rings. The Morgan fingerprint density at radius 3 is 2.58 bits per heavy atom. The lowest BCUT2D eigenvalue weighted by molar-refractivity contribution is -0.383. The number of nitro groups is 1. The Morgan fingerprint density at radius 2 is 1.77 bits per heavy atom. The van der Waals surface area contributed by atoms with E-state index in [0.29, 0.717) is 34.2 Å². The molecule has 0 radical (unpaired) electrons. The van der Waals surface area contributed by atoms with Crippen LogP contribution in [0.1, 0.15) is 5.82 Å². The van der Waals surface area contributed by atoms with Gasteiger partial charge in [-0.05, 0) is 30.3 Å². The van der Waals surface area contributed by atoms with E-state index >= 15 is 0 Å². The van der Waals surface area contributed by atoms with Gasteiger partial charge in [0.1, 0.15) is 11.3 Å². The van der Waals surface area contributed by atoms with Crippen LogP contribution in [0.5, 0.6) is 0 Å². The summed E-state index contributed by atoms with van der Waals surface area (Å²) in [5.41, 5.74) is 2.19. The number of aromatic amines is 1. The number of rotatable bonds is 4. The molecule has 0 amide bonds. The van der Waals surface area contributed by atoms with Gasteiger partial charge in [-0.1, -0.05) is 12.1 Å². The van der Waals surface area contributed by atoms with E-state index in [1.54, 1.807) is 36.5 Å². The van der Waals surface area contributed by atoms with E-state index in [0.717, 1.165) is 31.9 Å². The van der Waals surface area contributed by atoms with E-state index in [1.807, 2.05) is 18.2 Å². The number of piperazine rings is 1. The lowest BCUT2D eigenvalue weighted by atomic mass is 10.1. The molecule has 156 valence electrons. The topological polar surface area (TPSA) is 108 Å². The number of anilines is 1. The molecule has 5 rings (SSSR count). The maximum absolute atomic E-state index is 12.3. The van der Waals surface area contributed by atoms with Crippen molar-refractivity contribution in [3.8, 4) is 0 Å². The number of para-hydroxylation sites is 1. The van der Waals surface area contributed by atoms with Crippen molar-refractivity contribution in [2.45, 2.75) is 6.54 Å². The molecule has 0 bridgehead atoms. The molecule has 2 aromatic carbocycles. The molecule has 1 N–H and O–H groups in total. The summed E-state index contributed by atoms with van der Waals surface area (Å²) in [6.07, 6.45) is 1.66. The maximum Gasteiger partial charge on any atom is 0.278 e. The molecule has 4 aromatic rings. The lowest BCUT2D eigenvalue weighted by Gasteiger charge is -2.36. The number of benzene rings is 2. The van der Waals surface area contributed by atoms with Gasteiger partial charge in [0.15, 0.2) is 0 Å². The molecule has 1 saturated heterocycles. The Kier molecular flexibility index (Phi) is 4.79. The van der Waals surface area contributed by atoms with Crippen molar-refractivity contribution >= 4 is 33.2 Å². The van der Waals surface area contributed by atoms with Gasteiger partial charge in [0.2, 0.25) is 0 Å². The monoisotopic (exact) mass is 416 g/mol. The summed E-state index contributed by atoms with van der Waals surface area (Å²) >= 11 is 0. The van der Waals surface area contributed by atoms with Crippen LogP contribution < -0.4 is 10.5 Å². The molecule has 0 aliphatic carbocycles. The molecule has 1 aliphatic heterocycles. The number of nitrogens with one attached hydrogen (secondary N) is 1. The second-order valence-electron chi connectivity index (χ2n) is 7.55. The van der Waals surface area contributed by atoms with Gasteiger partial charge >= 0.3 is 0 Å². The molecule has 2 aromatic heterocycles. The van der Waals surface area contributed by atoms with E-state index in [4.69, 9.17) is 0 Å². The van der Waals surface area contributed by atoms with E-state index < -0.39 is 0 Å². The minimum atomic E-state index is -0.372. The third-order valence-corrected chi connectivity index (χ3v) is 5.67. The molecule has 0 atom stereocenters. The fourth-order valence-corrected chi connectivity index (χ4v) is 4.13. The number of fused-ring (bicyclic) bond motifs is 2. The SMILES string of the molecule is O=c1[nH]c(CN2CCN(c3ccc([N+](=O)[O-])c4cccnc34)CC2)nc2ccccc12. The molecule has 0 unspecified atom stereocenters. The Labute approximate surface area is 177 Å². The van der Waals surface area contributed by atoms with E-state index in [1.165, 1.54) is 0 Å². The van der Waals surface area contributed by atoms with Crippen molar-refractivity contribution in [3.05, 3.63) is 81.0 Å². The van der Waals surface area contributed by atoms with Crippen molar-refractivity contribution in [1.82, 2.24) is 19.9 Å². The molecule has 1 fully saturated rings. The quantitative estimate of drug-likeness (QED) is 0.402. The van der Waals surface area contributed by atoms with Gasteiger partial charge in [-0.2, -0.15) is 0 Å². The summed E-state index contributed by atoms with van der Waals surface area (Å²) in [6, 6.07) is 14.1. The van der Waals surface area contributed by atoms with Gasteiger partial charge in [-0.15, -0.1) is 0 Å². The first-order chi connectivity index (χ1) is 15.1. The Bertz CT molecular complexity index is 1340. The summed E-state index contributed by atoms with van der Waals surface area (Å²) in [5, 5.41) is 12.5. The summed E-state index contributed by atoms with van der Waals surface area (Å²) < 4.78 is 0. The highest BCUT2D eigenvalue weighted by molar-refractivity contribution is 5.97. The van der Waals surface area contributed by atoms with Crippen LogP contribution in [0, 0.1) is 10.1 Å². The Hall–Kier alpha value is -3.85. The molecule has 3 heterocycles. The van der Waals surface area contributed by atoms with Gasteiger partial charge in [0, 0.05) is 38.4 Å². The van der Waals surface area contributed by atoms with Crippen molar-refractivity contribution < 1.29 is 4.92 Å². The predicted octanol–water partition coefficient (Wildman–Crippen LogP) is 2.70. The van der Waals surface area contributed by atoms with E-state index in [2.05, 4.69) is 24.8 Å². The smallest absolute Gasteiger partial charge is 0.278 e. The van der Waals surface area contributed by atoms with Crippen molar-refractivity contribution in [3.63, 3.8) is 0 Å². The van der Waals surface area contributed by atoms with Gasteiger partial charge in [-0.3, -0.25) is 24.8 Å². The third-order valence-electron chi connectivity index (χ3n) is 5.67. The van der Waals surface area contributed by atoms with Crippen LogP contribution in [0.2, 0.25) is 0 Å². The normalized spacial score (nSPS) is 14.9. The first kappa shape index (κ1) is 19.1. The van der Waals surface area contributed by atoms with Crippen LogP contribution in [-0.2, 0) is 6.54 Å². The van der Waals surface area contributed by atoms with E-state index in [-0.39, 0.29) is 16.2 Å². The van der Waals surface area contributed by atoms with Crippen LogP contribution in [0.25, 0.3) is 21.8 Å². The van der Waals surface area contributed by atoms with Gasteiger partial charge in [0.05, 0.1) is 33.4 Å². The number of nitrogens with zero attached hydrogens (tertiary/aromatic N) is 5. The zero-order chi connectivity index (χ0) is 21.4. The standard InChI is InChI=1S/C22H20N6O3/c29-22-15-4-1-2-6-17(15)24-20(25-22)14-26-10-12-27(13-11-26)19-8-7-18(28(30)31)16-5-3-9-23-21(16)19/h1-9H,10-14H2,(H,24,25,29). The van der Waals surface area contributed by atoms with Gasteiger partial charge in [-0.25, -0.2) is 4.98 Å². The number of hydrogen-bond acceptors (Lipinski definition) is 7. The summed E-state index contributed by atoms with van der Waals surface area (Å²) in [4.78, 5) is 39.6. The highest BCUT2D eigenvalue weighted by Crippen LogP contribution is 2.32. The fraction of sp³-hybridized carbons (Fsp3) is 0.227. The number of aromatic nitrogens is 3. The van der Waals surface area contributed by atoms with Crippen LogP contribution >= 0.6 is 0 Å². The lowest BCUT2D eigenvalue weighted by Crippen LogP contribution is -2.46. The first-order valence-corrected chi connectivity index (χ1v) is 10.1. The zero-order valence-corrected chi connectivity index (χ0v) is 16.7. The van der Waals surface area contributed by atoms with Gasteiger partial charge < -0.3 is 9.88 Å². The van der Waals surface area contributed by atoms with Gasteiger partial charge in [0.25, 0.3) is 11.2 Å². The zero-order valence-electron chi connectivity index (χ0n) is 16.7. The summed E-state index contributed by atoms with van der Waals surface area (Å²) in [6.45, 7) is 3.62. The second-order valence-corrected chi connectivity index (χ2v) is 7.55. The number of hydrogen-bond donors (Lipinski definition) is 1. The molecular weight excluding hydrogens is 396 g/mol. The van der Waals surface area contributed by atoms with Crippen LogP contribution in [0.3, 0.4) is 0 Å². The Balaban J connectivity index is 1.34. The molecule has 31 heavy (non-hydrogen) atoms. The number of H-pyrrole nitrogens is 1. The fourth-order valence-electron chi connectivity index (χ4n) is 4.13. The predicted molar refractivity (Wildman–Crippen MR) is 118 cm³/mol. The second kappa shape index (κ2) is 7.77. The minimum Gasteiger partial charge on any atom is -0.367 e. The van der Waals surface area contributed by atoms with Crippen molar-refractivity contribution in [2.75, 3.05) is 31.1 Å². The molecular formula is C22H20N6O3. The van der Waals surface area contributed by atoms with Crippen LogP contribution in [0.4, 0.5) is 11.4 Å². The summed E-state index contributed by atoms with van der Waals surface area (Å²) in [5.74, 6) is 0.652. The molecule has 0 saturated carbocycles. The highest BCUT2D eigenvalue weighted by atomic mass is 16.6.